The van der Waals surface area contributed by atoms with Crippen LogP contribution in [0.1, 0.15) is 41.6 Å². The first-order valence-corrected chi connectivity index (χ1v) is 8.63. The lowest BCUT2D eigenvalue weighted by atomic mass is 10.2. The van der Waals surface area contributed by atoms with Crippen LogP contribution in [-0.4, -0.2) is 37.1 Å². The fraction of sp³-hybridized carbons (Fsp3) is 0.400. The molecule has 140 valence electrons. The molecule has 2 aromatic rings. The van der Waals surface area contributed by atoms with E-state index in [9.17, 15) is 9.59 Å². The molecule has 1 N–H and O–H groups in total. The smallest absolute Gasteiger partial charge is 0.340 e. The maximum Gasteiger partial charge on any atom is 0.340 e. The number of anilines is 2. The highest BCUT2D eigenvalue weighted by Gasteiger charge is 2.19. The van der Waals surface area contributed by atoms with Gasteiger partial charge in [0.2, 0.25) is 0 Å². The molecule has 0 bridgehead atoms. The van der Waals surface area contributed by atoms with Gasteiger partial charge in [-0.25, -0.2) is 4.79 Å². The van der Waals surface area contributed by atoms with E-state index in [-0.39, 0.29) is 18.6 Å². The summed E-state index contributed by atoms with van der Waals surface area (Å²) in [5, 5.41) is 2.72. The summed E-state index contributed by atoms with van der Waals surface area (Å²) in [7, 11) is 3.90. The molecule has 6 heteroatoms. The van der Waals surface area contributed by atoms with Crippen LogP contribution in [0.4, 0.5) is 11.4 Å². The minimum Gasteiger partial charge on any atom is -0.452 e. The summed E-state index contributed by atoms with van der Waals surface area (Å²) in [6.07, 6.45) is 0. The lowest BCUT2D eigenvalue weighted by Gasteiger charge is -2.14. The van der Waals surface area contributed by atoms with Crippen molar-refractivity contribution < 1.29 is 14.3 Å². The number of carbonyl (C=O) groups excluding carboxylic acids is 2. The van der Waals surface area contributed by atoms with E-state index in [1.807, 2.05) is 57.1 Å². The Hall–Kier alpha value is -2.76. The zero-order chi connectivity index (χ0) is 19.4. The maximum atomic E-state index is 12.3. The number of ether oxygens (including phenoxy) is 1. The van der Waals surface area contributed by atoms with Crippen molar-refractivity contribution in [1.82, 2.24) is 4.57 Å². The van der Waals surface area contributed by atoms with Gasteiger partial charge >= 0.3 is 5.97 Å². The van der Waals surface area contributed by atoms with E-state index >= 15 is 0 Å². The van der Waals surface area contributed by atoms with Gasteiger partial charge in [0.05, 0.1) is 5.56 Å². The molecule has 0 aliphatic carbocycles. The number of nitrogens with zero attached hydrogens (tertiary/aromatic N) is 2. The lowest BCUT2D eigenvalue weighted by molar-refractivity contribution is -0.119. The standard InChI is InChI=1S/C20H27N3O3/c1-13(2)23-14(3)11-18(15(23)4)20(25)26-12-19(24)21-16-7-9-17(10-8-16)22(5)6/h7-11,13H,12H2,1-6H3,(H,21,24). The minimum atomic E-state index is -0.483. The van der Waals surface area contributed by atoms with E-state index in [2.05, 4.69) is 23.7 Å². The first-order chi connectivity index (χ1) is 12.2. The molecule has 6 nitrogen and oxygen atoms in total. The highest BCUT2D eigenvalue weighted by Crippen LogP contribution is 2.21. The van der Waals surface area contributed by atoms with Gasteiger partial charge in [-0.3, -0.25) is 4.79 Å². The first kappa shape index (κ1) is 19.6. The number of hydrogen-bond acceptors (Lipinski definition) is 4. The Morgan fingerprint density at radius 1 is 1.15 bits per heavy atom. The second kappa shape index (κ2) is 8.08. The lowest BCUT2D eigenvalue weighted by Crippen LogP contribution is -2.21. The van der Waals surface area contributed by atoms with Crippen LogP contribution in [0.15, 0.2) is 30.3 Å². The van der Waals surface area contributed by atoms with Crippen molar-refractivity contribution in [2.75, 3.05) is 30.9 Å². The number of benzene rings is 1. The fourth-order valence-electron chi connectivity index (χ4n) is 3.03. The zero-order valence-corrected chi connectivity index (χ0v) is 16.3. The molecule has 1 amide bonds. The Labute approximate surface area is 154 Å². The number of aromatic nitrogens is 1. The number of rotatable bonds is 6. The molecular weight excluding hydrogens is 330 g/mol. The average molecular weight is 357 g/mol. The van der Waals surface area contributed by atoms with Crippen LogP contribution in [0, 0.1) is 13.8 Å². The van der Waals surface area contributed by atoms with Gasteiger partial charge in [-0.05, 0) is 58.0 Å². The van der Waals surface area contributed by atoms with Crippen LogP contribution >= 0.6 is 0 Å². The fourth-order valence-corrected chi connectivity index (χ4v) is 3.03. The minimum absolute atomic E-state index is 0.255. The quantitative estimate of drug-likeness (QED) is 0.803. The third kappa shape index (κ3) is 4.45. The van der Waals surface area contributed by atoms with E-state index < -0.39 is 5.97 Å². The van der Waals surface area contributed by atoms with Crippen LogP contribution in [0.5, 0.6) is 0 Å². The Morgan fingerprint density at radius 2 is 1.77 bits per heavy atom. The third-order valence-electron chi connectivity index (χ3n) is 4.22. The van der Waals surface area contributed by atoms with Crippen molar-refractivity contribution in [2.45, 2.75) is 33.7 Å². The summed E-state index contributed by atoms with van der Waals surface area (Å²) in [5.74, 6) is -0.850. The Balaban J connectivity index is 1.95. The largest absolute Gasteiger partial charge is 0.452 e. The van der Waals surface area contributed by atoms with Crippen molar-refractivity contribution in [3.63, 3.8) is 0 Å². The van der Waals surface area contributed by atoms with Crippen LogP contribution in [0.25, 0.3) is 0 Å². The molecule has 0 unspecified atom stereocenters. The Morgan fingerprint density at radius 3 is 2.27 bits per heavy atom. The molecule has 0 saturated carbocycles. The van der Waals surface area contributed by atoms with Gasteiger partial charge in [0.1, 0.15) is 0 Å². The van der Waals surface area contributed by atoms with Crippen molar-refractivity contribution in [3.8, 4) is 0 Å². The molecule has 0 aliphatic heterocycles. The van der Waals surface area contributed by atoms with E-state index in [1.54, 1.807) is 6.07 Å². The highest BCUT2D eigenvalue weighted by atomic mass is 16.5. The van der Waals surface area contributed by atoms with E-state index in [4.69, 9.17) is 4.74 Å². The predicted octanol–water partition coefficient (Wildman–Crippen LogP) is 3.55. The normalized spacial score (nSPS) is 10.7. The van der Waals surface area contributed by atoms with Gasteiger partial charge in [0.25, 0.3) is 5.91 Å². The number of nitrogens with one attached hydrogen (secondary N) is 1. The number of esters is 1. The Bertz CT molecular complexity index is 789. The SMILES string of the molecule is Cc1cc(C(=O)OCC(=O)Nc2ccc(N(C)C)cc2)c(C)n1C(C)C. The summed E-state index contributed by atoms with van der Waals surface area (Å²) in [6, 6.07) is 9.49. The molecule has 1 aromatic heterocycles. The Kier molecular flexibility index (Phi) is 6.08. The molecule has 0 atom stereocenters. The van der Waals surface area contributed by atoms with E-state index in [0.29, 0.717) is 11.3 Å². The zero-order valence-electron chi connectivity index (χ0n) is 16.3. The average Bonchev–Trinajstić information content (AvgIpc) is 2.87. The molecular formula is C20H27N3O3. The molecule has 0 saturated heterocycles. The van der Waals surface area contributed by atoms with Crippen molar-refractivity contribution in [2.24, 2.45) is 0 Å². The molecule has 1 heterocycles. The number of aryl methyl sites for hydroxylation is 1. The monoisotopic (exact) mass is 357 g/mol. The van der Waals surface area contributed by atoms with Gasteiger partial charge in [0.15, 0.2) is 6.61 Å². The highest BCUT2D eigenvalue weighted by molar-refractivity contribution is 5.96. The van der Waals surface area contributed by atoms with Crippen LogP contribution in [-0.2, 0) is 9.53 Å². The van der Waals surface area contributed by atoms with E-state index in [0.717, 1.165) is 17.1 Å². The third-order valence-corrected chi connectivity index (χ3v) is 4.22. The summed E-state index contributed by atoms with van der Waals surface area (Å²) < 4.78 is 7.25. The van der Waals surface area contributed by atoms with Crippen LogP contribution in [0.2, 0.25) is 0 Å². The summed E-state index contributed by atoms with van der Waals surface area (Å²) in [6.45, 7) is 7.64. The van der Waals surface area contributed by atoms with Crippen molar-refractivity contribution in [1.29, 1.82) is 0 Å². The number of carbonyl (C=O) groups is 2. The molecule has 0 fully saturated rings. The summed E-state index contributed by atoms with van der Waals surface area (Å²) in [5.41, 5.74) is 4.04. The van der Waals surface area contributed by atoms with Crippen molar-refractivity contribution in [3.05, 3.63) is 47.3 Å². The van der Waals surface area contributed by atoms with Crippen molar-refractivity contribution >= 4 is 23.3 Å². The number of hydrogen-bond donors (Lipinski definition) is 1. The first-order valence-electron chi connectivity index (χ1n) is 8.63. The second-order valence-electron chi connectivity index (χ2n) is 6.81. The second-order valence-corrected chi connectivity index (χ2v) is 6.81. The maximum absolute atomic E-state index is 12.3. The van der Waals surface area contributed by atoms with Gasteiger partial charge in [-0.1, -0.05) is 0 Å². The van der Waals surface area contributed by atoms with E-state index in [1.165, 1.54) is 0 Å². The molecule has 0 spiro atoms. The number of amides is 1. The van der Waals surface area contributed by atoms with Gasteiger partial charge in [0, 0.05) is 42.9 Å². The molecule has 1 aromatic carbocycles. The van der Waals surface area contributed by atoms with Gasteiger partial charge < -0.3 is 19.5 Å². The van der Waals surface area contributed by atoms with Gasteiger partial charge in [-0.2, -0.15) is 0 Å². The molecule has 0 aliphatic rings. The topological polar surface area (TPSA) is 63.6 Å². The summed E-state index contributed by atoms with van der Waals surface area (Å²) >= 11 is 0. The van der Waals surface area contributed by atoms with Crippen LogP contribution < -0.4 is 10.2 Å². The van der Waals surface area contributed by atoms with Crippen LogP contribution in [0.3, 0.4) is 0 Å². The molecule has 2 rings (SSSR count). The molecule has 26 heavy (non-hydrogen) atoms. The van der Waals surface area contributed by atoms with Gasteiger partial charge in [-0.15, -0.1) is 0 Å². The predicted molar refractivity (Wildman–Crippen MR) is 104 cm³/mol. The molecule has 0 radical (unpaired) electrons. The summed E-state index contributed by atoms with van der Waals surface area (Å²) in [4.78, 5) is 26.3.